The van der Waals surface area contributed by atoms with E-state index in [9.17, 15) is 4.79 Å². The number of ether oxygens (including phenoxy) is 1. The zero-order valence-electron chi connectivity index (χ0n) is 6.97. The molecule has 0 amide bonds. The third kappa shape index (κ3) is 2.90. The molecule has 5 nitrogen and oxygen atoms in total. The standard InChI is InChI=1S/C8H8N2O3/c1-13-8-9-4-6(5-10-8)2-3-7(11)12/h2-5H,1H3,(H,11,12). The molecule has 5 heteroatoms. The first-order chi connectivity index (χ1) is 6.22. The number of nitrogens with zero attached hydrogens (tertiary/aromatic N) is 2. The number of carboxylic acid groups (broad SMARTS) is 1. The highest BCUT2D eigenvalue weighted by molar-refractivity contribution is 5.85. The molecule has 0 aromatic carbocycles. The lowest BCUT2D eigenvalue weighted by Gasteiger charge is -1.95. The highest BCUT2D eigenvalue weighted by atomic mass is 16.5. The van der Waals surface area contributed by atoms with Crippen molar-refractivity contribution in [3.05, 3.63) is 24.0 Å². The molecule has 0 aliphatic rings. The van der Waals surface area contributed by atoms with Gasteiger partial charge in [0.05, 0.1) is 7.11 Å². The first kappa shape index (κ1) is 9.18. The topological polar surface area (TPSA) is 72.3 Å². The van der Waals surface area contributed by atoms with Crippen LogP contribution in [0.1, 0.15) is 5.56 Å². The molecule has 0 fully saturated rings. The number of hydrogen-bond donors (Lipinski definition) is 1. The van der Waals surface area contributed by atoms with Gasteiger partial charge in [-0.3, -0.25) is 0 Å². The number of aliphatic carboxylic acids is 1. The summed E-state index contributed by atoms with van der Waals surface area (Å²) in [5.41, 5.74) is 0.614. The largest absolute Gasteiger partial charge is 0.478 e. The lowest BCUT2D eigenvalue weighted by atomic mass is 10.3. The SMILES string of the molecule is COc1ncc(C=CC(=O)O)cn1. The van der Waals surface area contributed by atoms with Crippen LogP contribution in [0.3, 0.4) is 0 Å². The van der Waals surface area contributed by atoms with Gasteiger partial charge in [0.2, 0.25) is 0 Å². The van der Waals surface area contributed by atoms with Gasteiger partial charge in [-0.15, -0.1) is 0 Å². The van der Waals surface area contributed by atoms with E-state index >= 15 is 0 Å². The zero-order valence-corrected chi connectivity index (χ0v) is 6.97. The molecule has 1 aromatic heterocycles. The van der Waals surface area contributed by atoms with Gasteiger partial charge in [0.15, 0.2) is 0 Å². The van der Waals surface area contributed by atoms with Crippen molar-refractivity contribution in [1.29, 1.82) is 0 Å². The fraction of sp³-hybridized carbons (Fsp3) is 0.125. The van der Waals surface area contributed by atoms with Crippen molar-refractivity contribution in [2.24, 2.45) is 0 Å². The Morgan fingerprint density at radius 3 is 2.62 bits per heavy atom. The van der Waals surface area contributed by atoms with Crippen molar-refractivity contribution < 1.29 is 14.6 Å². The number of carbonyl (C=O) groups is 1. The van der Waals surface area contributed by atoms with Gasteiger partial charge in [-0.05, 0) is 6.08 Å². The number of carboxylic acids is 1. The van der Waals surface area contributed by atoms with Crippen LogP contribution < -0.4 is 4.74 Å². The highest BCUT2D eigenvalue weighted by Gasteiger charge is 1.93. The maximum Gasteiger partial charge on any atom is 0.328 e. The summed E-state index contributed by atoms with van der Waals surface area (Å²) in [4.78, 5) is 17.7. The van der Waals surface area contributed by atoms with E-state index < -0.39 is 5.97 Å². The summed E-state index contributed by atoms with van der Waals surface area (Å²) < 4.78 is 4.73. The second-order valence-corrected chi connectivity index (χ2v) is 2.17. The van der Waals surface area contributed by atoms with E-state index in [1.54, 1.807) is 0 Å². The molecular formula is C8H8N2O3. The van der Waals surface area contributed by atoms with Crippen LogP contribution in [-0.4, -0.2) is 28.2 Å². The number of methoxy groups -OCH3 is 1. The third-order valence-electron chi connectivity index (χ3n) is 1.25. The second-order valence-electron chi connectivity index (χ2n) is 2.17. The molecule has 0 atom stereocenters. The maximum atomic E-state index is 10.1. The molecule has 13 heavy (non-hydrogen) atoms. The molecule has 0 aliphatic heterocycles. The van der Waals surface area contributed by atoms with Gasteiger partial charge in [0, 0.05) is 24.0 Å². The van der Waals surface area contributed by atoms with Crippen LogP contribution in [0.5, 0.6) is 6.01 Å². The van der Waals surface area contributed by atoms with Crippen LogP contribution in [0.4, 0.5) is 0 Å². The lowest BCUT2D eigenvalue weighted by Crippen LogP contribution is -1.91. The molecule has 0 spiro atoms. The lowest BCUT2D eigenvalue weighted by molar-refractivity contribution is -0.131. The van der Waals surface area contributed by atoms with E-state index in [4.69, 9.17) is 9.84 Å². The average Bonchev–Trinajstić information content (AvgIpc) is 2.15. The van der Waals surface area contributed by atoms with E-state index in [2.05, 4.69) is 9.97 Å². The molecule has 0 bridgehead atoms. The number of aromatic nitrogens is 2. The van der Waals surface area contributed by atoms with Crippen molar-refractivity contribution in [3.63, 3.8) is 0 Å². The minimum absolute atomic E-state index is 0.257. The van der Waals surface area contributed by atoms with Crippen molar-refractivity contribution in [2.75, 3.05) is 7.11 Å². The fourth-order valence-electron chi connectivity index (χ4n) is 0.685. The molecular weight excluding hydrogens is 172 g/mol. The molecule has 0 saturated carbocycles. The molecule has 1 aromatic rings. The Balaban J connectivity index is 2.75. The summed E-state index contributed by atoms with van der Waals surface area (Å²) in [7, 11) is 1.46. The Labute approximate surface area is 74.7 Å². The Morgan fingerprint density at radius 2 is 2.15 bits per heavy atom. The number of rotatable bonds is 3. The Hall–Kier alpha value is -1.91. The molecule has 0 unspecified atom stereocenters. The minimum atomic E-state index is -1.00. The summed E-state index contributed by atoms with van der Waals surface area (Å²) >= 11 is 0. The van der Waals surface area contributed by atoms with Crippen LogP contribution >= 0.6 is 0 Å². The summed E-state index contributed by atoms with van der Waals surface area (Å²) in [6.45, 7) is 0. The molecule has 1 N–H and O–H groups in total. The van der Waals surface area contributed by atoms with Gasteiger partial charge >= 0.3 is 12.0 Å². The molecule has 68 valence electrons. The summed E-state index contributed by atoms with van der Waals surface area (Å²) in [5.74, 6) is -1.00. The Bertz CT molecular complexity index is 319. The van der Waals surface area contributed by atoms with Crippen molar-refractivity contribution in [1.82, 2.24) is 9.97 Å². The van der Waals surface area contributed by atoms with Crippen LogP contribution in [-0.2, 0) is 4.79 Å². The zero-order chi connectivity index (χ0) is 9.68. The summed E-state index contributed by atoms with van der Waals surface area (Å²) in [6.07, 6.45) is 5.38. The third-order valence-corrected chi connectivity index (χ3v) is 1.25. The monoisotopic (exact) mass is 180 g/mol. The maximum absolute atomic E-state index is 10.1. The molecule has 0 aliphatic carbocycles. The summed E-state index contributed by atoms with van der Waals surface area (Å²) in [6, 6.07) is 0.257. The van der Waals surface area contributed by atoms with Crippen molar-refractivity contribution >= 4 is 12.0 Å². The Morgan fingerprint density at radius 1 is 1.54 bits per heavy atom. The minimum Gasteiger partial charge on any atom is -0.478 e. The second kappa shape index (κ2) is 4.20. The van der Waals surface area contributed by atoms with E-state index in [0.29, 0.717) is 5.56 Å². The van der Waals surface area contributed by atoms with Crippen LogP contribution in [0, 0.1) is 0 Å². The van der Waals surface area contributed by atoms with Crippen molar-refractivity contribution in [2.45, 2.75) is 0 Å². The van der Waals surface area contributed by atoms with E-state index in [1.807, 2.05) is 0 Å². The van der Waals surface area contributed by atoms with Crippen molar-refractivity contribution in [3.8, 4) is 6.01 Å². The molecule has 1 rings (SSSR count). The smallest absolute Gasteiger partial charge is 0.328 e. The normalized spacial score (nSPS) is 10.2. The highest BCUT2D eigenvalue weighted by Crippen LogP contribution is 2.02. The van der Waals surface area contributed by atoms with E-state index in [0.717, 1.165) is 6.08 Å². The molecule has 0 saturated heterocycles. The van der Waals surface area contributed by atoms with E-state index in [1.165, 1.54) is 25.6 Å². The van der Waals surface area contributed by atoms with Crippen LogP contribution in [0.15, 0.2) is 18.5 Å². The Kier molecular flexibility index (Phi) is 2.97. The van der Waals surface area contributed by atoms with Gasteiger partial charge in [0.25, 0.3) is 0 Å². The molecule has 0 radical (unpaired) electrons. The quantitative estimate of drug-likeness (QED) is 0.689. The van der Waals surface area contributed by atoms with Crippen LogP contribution in [0.25, 0.3) is 6.08 Å². The summed E-state index contributed by atoms with van der Waals surface area (Å²) in [5, 5.41) is 8.32. The first-order valence-electron chi connectivity index (χ1n) is 3.49. The van der Waals surface area contributed by atoms with Gasteiger partial charge in [-0.2, -0.15) is 0 Å². The van der Waals surface area contributed by atoms with Gasteiger partial charge in [-0.1, -0.05) is 0 Å². The van der Waals surface area contributed by atoms with Gasteiger partial charge in [-0.25, -0.2) is 14.8 Å². The van der Waals surface area contributed by atoms with Gasteiger partial charge in [0.1, 0.15) is 0 Å². The predicted molar refractivity (Wildman–Crippen MR) is 45.3 cm³/mol. The average molecular weight is 180 g/mol. The number of hydrogen-bond acceptors (Lipinski definition) is 4. The van der Waals surface area contributed by atoms with E-state index in [-0.39, 0.29) is 6.01 Å². The first-order valence-corrected chi connectivity index (χ1v) is 3.49. The fourth-order valence-corrected chi connectivity index (χ4v) is 0.685. The van der Waals surface area contributed by atoms with Crippen LogP contribution in [0.2, 0.25) is 0 Å². The molecule has 1 heterocycles. The predicted octanol–water partition coefficient (Wildman–Crippen LogP) is 0.583. The van der Waals surface area contributed by atoms with Gasteiger partial charge < -0.3 is 9.84 Å².